The molecular formula is C22H31Cl2N3O. The van der Waals surface area contributed by atoms with E-state index in [9.17, 15) is 4.79 Å². The van der Waals surface area contributed by atoms with Gasteiger partial charge in [0.1, 0.15) is 0 Å². The fourth-order valence-electron chi connectivity index (χ4n) is 3.53. The molecule has 1 aliphatic heterocycles. The summed E-state index contributed by atoms with van der Waals surface area (Å²) in [5, 5.41) is 3.05. The Balaban J connectivity index is 0.00000196. The van der Waals surface area contributed by atoms with Crippen LogP contribution in [-0.4, -0.2) is 36.5 Å². The number of hydrogen-bond acceptors (Lipinski definition) is 3. The molecule has 0 aromatic heterocycles. The van der Waals surface area contributed by atoms with Crippen LogP contribution in [0.4, 0.5) is 0 Å². The average molecular weight is 424 g/mol. The van der Waals surface area contributed by atoms with E-state index in [1.54, 1.807) is 0 Å². The zero-order valence-electron chi connectivity index (χ0n) is 16.1. The third-order valence-electron chi connectivity index (χ3n) is 5.16. The molecule has 1 aliphatic rings. The van der Waals surface area contributed by atoms with Crippen LogP contribution < -0.4 is 11.1 Å². The molecule has 1 amide bonds. The van der Waals surface area contributed by atoms with Gasteiger partial charge in [-0.3, -0.25) is 9.69 Å². The van der Waals surface area contributed by atoms with Crippen LogP contribution in [0, 0.1) is 5.92 Å². The van der Waals surface area contributed by atoms with Crippen LogP contribution >= 0.6 is 24.8 Å². The second kappa shape index (κ2) is 12.8. The zero-order chi connectivity index (χ0) is 18.2. The molecule has 6 heteroatoms. The molecular weight excluding hydrogens is 393 g/mol. The third-order valence-corrected chi connectivity index (χ3v) is 5.16. The van der Waals surface area contributed by atoms with Gasteiger partial charge in [-0.2, -0.15) is 0 Å². The maximum Gasteiger partial charge on any atom is 0.237 e. The number of nitrogens with two attached hydrogens (primary N) is 1. The quantitative estimate of drug-likeness (QED) is 0.716. The molecule has 0 saturated carbocycles. The molecule has 28 heavy (non-hydrogen) atoms. The Kier molecular flexibility index (Phi) is 11.2. The van der Waals surface area contributed by atoms with Gasteiger partial charge in [0.2, 0.25) is 5.91 Å². The maximum atomic E-state index is 12.2. The Labute approximate surface area is 180 Å². The number of halogens is 2. The number of amides is 1. The number of hydrogen-bond donors (Lipinski definition) is 2. The maximum absolute atomic E-state index is 12.2. The zero-order valence-corrected chi connectivity index (χ0v) is 17.8. The molecule has 154 valence electrons. The Morgan fingerprint density at radius 2 is 1.50 bits per heavy atom. The van der Waals surface area contributed by atoms with Crippen molar-refractivity contribution < 1.29 is 4.79 Å². The van der Waals surface area contributed by atoms with Gasteiger partial charge in [0.15, 0.2) is 0 Å². The van der Waals surface area contributed by atoms with Crippen molar-refractivity contribution >= 4 is 30.7 Å². The van der Waals surface area contributed by atoms with E-state index < -0.39 is 6.04 Å². The van der Waals surface area contributed by atoms with Gasteiger partial charge >= 0.3 is 0 Å². The Morgan fingerprint density at radius 3 is 2.07 bits per heavy atom. The summed E-state index contributed by atoms with van der Waals surface area (Å²) >= 11 is 0. The van der Waals surface area contributed by atoms with E-state index in [0.717, 1.165) is 44.6 Å². The van der Waals surface area contributed by atoms with Crippen molar-refractivity contribution in [1.29, 1.82) is 0 Å². The minimum Gasteiger partial charge on any atom is -0.354 e. The van der Waals surface area contributed by atoms with Crippen molar-refractivity contribution in [3.05, 3.63) is 71.8 Å². The Morgan fingerprint density at radius 1 is 0.964 bits per heavy atom. The highest BCUT2D eigenvalue weighted by Gasteiger charge is 2.21. The molecule has 4 nitrogen and oxygen atoms in total. The van der Waals surface area contributed by atoms with Crippen molar-refractivity contribution in [2.75, 3.05) is 19.6 Å². The van der Waals surface area contributed by atoms with Gasteiger partial charge in [-0.15, -0.1) is 24.8 Å². The number of carbonyl (C=O) groups is 1. The minimum atomic E-state index is -0.476. The van der Waals surface area contributed by atoms with Gasteiger partial charge in [0, 0.05) is 13.1 Å². The molecule has 3 rings (SSSR count). The smallest absolute Gasteiger partial charge is 0.237 e. The average Bonchev–Trinajstić information content (AvgIpc) is 2.69. The summed E-state index contributed by atoms with van der Waals surface area (Å²) in [5.41, 5.74) is 8.52. The van der Waals surface area contributed by atoms with Crippen LogP contribution in [0.5, 0.6) is 0 Å². The van der Waals surface area contributed by atoms with Crippen LogP contribution in [0.3, 0.4) is 0 Å². The molecule has 1 atom stereocenters. The van der Waals surface area contributed by atoms with E-state index in [4.69, 9.17) is 5.73 Å². The number of piperidine rings is 1. The first-order valence-electron chi connectivity index (χ1n) is 9.54. The molecule has 1 saturated heterocycles. The largest absolute Gasteiger partial charge is 0.354 e. The van der Waals surface area contributed by atoms with Crippen LogP contribution in [0.2, 0.25) is 0 Å². The predicted octanol–water partition coefficient (Wildman–Crippen LogP) is 3.43. The van der Waals surface area contributed by atoms with Gasteiger partial charge in [-0.05, 0) is 49.4 Å². The Bertz CT molecular complexity index is 677. The molecule has 0 aliphatic carbocycles. The van der Waals surface area contributed by atoms with Gasteiger partial charge < -0.3 is 11.1 Å². The molecule has 0 spiro atoms. The van der Waals surface area contributed by atoms with E-state index in [0.29, 0.717) is 12.3 Å². The lowest BCUT2D eigenvalue weighted by Crippen LogP contribution is -2.45. The summed E-state index contributed by atoms with van der Waals surface area (Å²) in [6.45, 7) is 3.93. The van der Waals surface area contributed by atoms with Crippen molar-refractivity contribution in [2.45, 2.75) is 31.8 Å². The molecule has 1 fully saturated rings. The fourth-order valence-corrected chi connectivity index (χ4v) is 3.53. The summed E-state index contributed by atoms with van der Waals surface area (Å²) in [5.74, 6) is 0.510. The van der Waals surface area contributed by atoms with Gasteiger partial charge in [-0.1, -0.05) is 60.7 Å². The fraction of sp³-hybridized carbons (Fsp3) is 0.409. The normalized spacial score (nSPS) is 15.8. The lowest BCUT2D eigenvalue weighted by atomic mass is 9.96. The van der Waals surface area contributed by atoms with Crippen molar-refractivity contribution in [2.24, 2.45) is 11.7 Å². The first-order valence-corrected chi connectivity index (χ1v) is 9.54. The van der Waals surface area contributed by atoms with E-state index in [-0.39, 0.29) is 30.7 Å². The number of nitrogens with one attached hydrogen (secondary N) is 1. The number of nitrogens with zero attached hydrogens (tertiary/aromatic N) is 1. The summed E-state index contributed by atoms with van der Waals surface area (Å²) in [4.78, 5) is 14.7. The van der Waals surface area contributed by atoms with Crippen LogP contribution in [-0.2, 0) is 17.8 Å². The number of benzene rings is 2. The lowest BCUT2D eigenvalue weighted by molar-refractivity contribution is -0.122. The van der Waals surface area contributed by atoms with Crippen LogP contribution in [0.25, 0.3) is 0 Å². The van der Waals surface area contributed by atoms with Crippen molar-refractivity contribution in [1.82, 2.24) is 10.2 Å². The molecule has 1 heterocycles. The highest BCUT2D eigenvalue weighted by atomic mass is 35.5. The first kappa shape index (κ1) is 24.4. The summed E-state index contributed by atoms with van der Waals surface area (Å²) in [6, 6.07) is 20.1. The number of rotatable bonds is 7. The standard InChI is InChI=1S/C22H29N3O.2ClH/c23-21(15-18-7-3-1-4-8-18)22(26)24-16-19-11-13-25(14-12-19)17-20-9-5-2-6-10-20;;/h1-10,19,21H,11-17,23H2,(H,24,26);2*1H. The first-order chi connectivity index (χ1) is 12.7. The molecule has 0 radical (unpaired) electrons. The minimum absolute atomic E-state index is 0. The van der Waals surface area contributed by atoms with E-state index >= 15 is 0 Å². The van der Waals surface area contributed by atoms with Crippen molar-refractivity contribution in [3.63, 3.8) is 0 Å². The van der Waals surface area contributed by atoms with E-state index in [1.807, 2.05) is 30.3 Å². The highest BCUT2D eigenvalue weighted by molar-refractivity contribution is 5.85. The second-order valence-corrected chi connectivity index (χ2v) is 7.25. The van der Waals surface area contributed by atoms with Gasteiger partial charge in [-0.25, -0.2) is 0 Å². The van der Waals surface area contributed by atoms with Crippen LogP contribution in [0.1, 0.15) is 24.0 Å². The second-order valence-electron chi connectivity index (χ2n) is 7.25. The molecule has 2 aromatic rings. The summed E-state index contributed by atoms with van der Waals surface area (Å²) in [7, 11) is 0. The monoisotopic (exact) mass is 423 g/mol. The lowest BCUT2D eigenvalue weighted by Gasteiger charge is -2.32. The molecule has 3 N–H and O–H groups in total. The van der Waals surface area contributed by atoms with Gasteiger partial charge in [0.25, 0.3) is 0 Å². The molecule has 1 unspecified atom stereocenters. The Hall–Kier alpha value is -1.59. The van der Waals surface area contributed by atoms with Crippen LogP contribution in [0.15, 0.2) is 60.7 Å². The SMILES string of the molecule is Cl.Cl.NC(Cc1ccccc1)C(=O)NCC1CCN(Cc2ccccc2)CC1. The molecule has 2 aromatic carbocycles. The summed E-state index contributed by atoms with van der Waals surface area (Å²) in [6.07, 6.45) is 2.84. The van der Waals surface area contributed by atoms with Crippen molar-refractivity contribution in [3.8, 4) is 0 Å². The number of likely N-dealkylation sites (tertiary alicyclic amines) is 1. The van der Waals surface area contributed by atoms with E-state index in [2.05, 4.69) is 40.5 Å². The number of carbonyl (C=O) groups excluding carboxylic acids is 1. The topological polar surface area (TPSA) is 58.4 Å². The van der Waals surface area contributed by atoms with E-state index in [1.165, 1.54) is 5.56 Å². The summed E-state index contributed by atoms with van der Waals surface area (Å²) < 4.78 is 0. The predicted molar refractivity (Wildman–Crippen MR) is 120 cm³/mol. The van der Waals surface area contributed by atoms with Gasteiger partial charge in [0.05, 0.1) is 6.04 Å². The third kappa shape index (κ3) is 7.80. The highest BCUT2D eigenvalue weighted by Crippen LogP contribution is 2.18. The molecule has 0 bridgehead atoms.